The first-order valence-electron chi connectivity index (χ1n) is 9.41. The zero-order chi connectivity index (χ0) is 18.4. The average Bonchev–Trinajstić information content (AvgIpc) is 2.92. The van der Waals surface area contributed by atoms with Crippen molar-refractivity contribution in [2.24, 2.45) is 0 Å². The zero-order valence-corrected chi connectivity index (χ0v) is 16.8. The van der Waals surface area contributed by atoms with Crippen LogP contribution in [0, 0.1) is 13.8 Å². The highest BCUT2D eigenvalue weighted by molar-refractivity contribution is 7.91. The molecule has 0 aliphatic carbocycles. The van der Waals surface area contributed by atoms with Gasteiger partial charge >= 0.3 is 0 Å². The molecule has 25 heavy (non-hydrogen) atoms. The first-order chi connectivity index (χ1) is 11.9. The zero-order valence-electron chi connectivity index (χ0n) is 16.0. The number of hydrogen-bond acceptors (Lipinski definition) is 4. The van der Waals surface area contributed by atoms with Crippen LogP contribution in [0.25, 0.3) is 11.0 Å². The third-order valence-electron chi connectivity index (χ3n) is 4.72. The van der Waals surface area contributed by atoms with Gasteiger partial charge in [-0.3, -0.25) is 4.98 Å². The first-order valence-corrected chi connectivity index (χ1v) is 11.2. The Kier molecular flexibility index (Phi) is 6.99. The van der Waals surface area contributed by atoms with Crippen LogP contribution in [-0.2, 0) is 22.8 Å². The van der Waals surface area contributed by atoms with Gasteiger partial charge in [-0.25, -0.2) is 13.4 Å². The smallest absolute Gasteiger partial charge is 0.150 e. The molecule has 0 radical (unpaired) electrons. The molecule has 0 amide bonds. The van der Waals surface area contributed by atoms with Crippen LogP contribution >= 0.6 is 0 Å². The molecule has 0 aliphatic heterocycles. The lowest BCUT2D eigenvalue weighted by atomic mass is 10.2. The van der Waals surface area contributed by atoms with E-state index in [9.17, 15) is 8.42 Å². The molecule has 0 saturated carbocycles. The molecule has 0 N–H and O–H groups in total. The minimum absolute atomic E-state index is 0.294. The number of aromatic nitrogens is 3. The molecule has 0 unspecified atom stereocenters. The third-order valence-corrected chi connectivity index (χ3v) is 6.54. The highest BCUT2D eigenvalue weighted by atomic mass is 32.2. The molecule has 0 bridgehead atoms. The molecule has 0 atom stereocenters. The van der Waals surface area contributed by atoms with Gasteiger partial charge in [-0.2, -0.15) is 0 Å². The summed E-state index contributed by atoms with van der Waals surface area (Å²) in [5.74, 6) is 1.70. The minimum Gasteiger partial charge on any atom is -0.328 e. The predicted octanol–water partition coefficient (Wildman–Crippen LogP) is 4.00. The topological polar surface area (TPSA) is 64.8 Å². The number of fused-ring (bicyclic) bond motifs is 1. The number of aryl methyl sites for hydroxylation is 4. The number of nitrogens with zero attached hydrogens (tertiary/aromatic N) is 3. The Hall–Kier alpha value is -1.43. The van der Waals surface area contributed by atoms with Crippen LogP contribution in [0.4, 0.5) is 0 Å². The predicted molar refractivity (Wildman–Crippen MR) is 104 cm³/mol. The van der Waals surface area contributed by atoms with Gasteiger partial charge in [0.1, 0.15) is 21.2 Å². The number of rotatable bonds is 10. The average molecular weight is 366 g/mol. The molecule has 6 heteroatoms. The lowest BCUT2D eigenvalue weighted by molar-refractivity contribution is 0.577. The third kappa shape index (κ3) is 5.03. The van der Waals surface area contributed by atoms with E-state index in [4.69, 9.17) is 4.98 Å². The van der Waals surface area contributed by atoms with Crippen molar-refractivity contribution in [3.63, 3.8) is 0 Å². The van der Waals surface area contributed by atoms with E-state index >= 15 is 0 Å². The van der Waals surface area contributed by atoms with Crippen LogP contribution in [0.15, 0.2) is 6.20 Å². The number of pyridine rings is 1. The molecule has 2 aromatic rings. The van der Waals surface area contributed by atoms with Crippen LogP contribution in [-0.4, -0.2) is 34.5 Å². The van der Waals surface area contributed by atoms with Gasteiger partial charge in [-0.1, -0.05) is 20.3 Å². The van der Waals surface area contributed by atoms with Crippen molar-refractivity contribution in [2.75, 3.05) is 11.5 Å². The summed E-state index contributed by atoms with van der Waals surface area (Å²) in [7, 11) is -2.90. The Morgan fingerprint density at radius 1 is 1.04 bits per heavy atom. The first kappa shape index (κ1) is 19.9. The van der Waals surface area contributed by atoms with Gasteiger partial charge in [0, 0.05) is 18.7 Å². The Morgan fingerprint density at radius 3 is 2.44 bits per heavy atom. The molecule has 0 aliphatic rings. The van der Waals surface area contributed by atoms with E-state index in [-0.39, 0.29) is 0 Å². The van der Waals surface area contributed by atoms with Gasteiger partial charge in [0.15, 0.2) is 0 Å². The van der Waals surface area contributed by atoms with Gasteiger partial charge in [0.05, 0.1) is 23.2 Å². The SMILES string of the molecule is CCCCS(=O)(=O)CCCCn1c(CCC)nc2cnc(C)c(C)c21. The van der Waals surface area contributed by atoms with Crippen molar-refractivity contribution in [3.05, 3.63) is 23.3 Å². The Morgan fingerprint density at radius 2 is 1.76 bits per heavy atom. The summed E-state index contributed by atoms with van der Waals surface area (Å²) >= 11 is 0. The Bertz CT molecular complexity index is 810. The summed E-state index contributed by atoms with van der Waals surface area (Å²) in [5, 5.41) is 0. The molecule has 0 aromatic carbocycles. The monoisotopic (exact) mass is 365 g/mol. The Balaban J connectivity index is 2.12. The van der Waals surface area contributed by atoms with Crippen molar-refractivity contribution >= 4 is 20.9 Å². The van der Waals surface area contributed by atoms with E-state index in [1.54, 1.807) is 0 Å². The van der Waals surface area contributed by atoms with Crippen molar-refractivity contribution in [2.45, 2.75) is 72.8 Å². The fraction of sp³-hybridized carbons (Fsp3) is 0.684. The van der Waals surface area contributed by atoms with Crippen molar-refractivity contribution < 1.29 is 8.42 Å². The maximum absolute atomic E-state index is 12.0. The van der Waals surface area contributed by atoms with Gasteiger partial charge in [-0.15, -0.1) is 0 Å². The number of unbranched alkanes of at least 4 members (excludes halogenated alkanes) is 2. The van der Waals surface area contributed by atoms with Crippen LogP contribution in [0.3, 0.4) is 0 Å². The quantitative estimate of drug-likeness (QED) is 0.597. The summed E-state index contributed by atoms with van der Waals surface area (Å²) in [5.41, 5.74) is 4.30. The summed E-state index contributed by atoms with van der Waals surface area (Å²) in [6, 6.07) is 0. The molecule has 2 heterocycles. The maximum Gasteiger partial charge on any atom is 0.150 e. The molecule has 0 saturated heterocycles. The number of sulfone groups is 1. The second kappa shape index (κ2) is 8.79. The summed E-state index contributed by atoms with van der Waals surface area (Å²) in [4.78, 5) is 9.18. The van der Waals surface area contributed by atoms with Crippen LogP contribution in [0.5, 0.6) is 0 Å². The van der Waals surface area contributed by atoms with E-state index in [0.717, 1.165) is 61.2 Å². The molecule has 0 spiro atoms. The Labute approximate surface area is 151 Å². The summed E-state index contributed by atoms with van der Waals surface area (Å²) in [6.45, 7) is 9.10. The molecule has 2 rings (SSSR count). The van der Waals surface area contributed by atoms with E-state index in [2.05, 4.69) is 23.4 Å². The maximum atomic E-state index is 12.0. The largest absolute Gasteiger partial charge is 0.328 e. The summed E-state index contributed by atoms with van der Waals surface area (Å²) < 4.78 is 26.3. The number of hydrogen-bond donors (Lipinski definition) is 0. The van der Waals surface area contributed by atoms with Crippen LogP contribution in [0.2, 0.25) is 0 Å². The van der Waals surface area contributed by atoms with Gasteiger partial charge in [0.2, 0.25) is 0 Å². The normalized spacial score (nSPS) is 12.2. The van der Waals surface area contributed by atoms with Gasteiger partial charge in [0.25, 0.3) is 0 Å². The van der Waals surface area contributed by atoms with E-state index in [1.807, 2.05) is 20.0 Å². The highest BCUT2D eigenvalue weighted by Crippen LogP contribution is 2.23. The highest BCUT2D eigenvalue weighted by Gasteiger charge is 2.15. The molecular weight excluding hydrogens is 334 g/mol. The molecule has 0 fully saturated rings. The fourth-order valence-corrected chi connectivity index (χ4v) is 4.72. The van der Waals surface area contributed by atoms with Crippen molar-refractivity contribution in [1.29, 1.82) is 0 Å². The van der Waals surface area contributed by atoms with E-state index in [0.29, 0.717) is 17.9 Å². The van der Waals surface area contributed by atoms with Crippen molar-refractivity contribution in [3.8, 4) is 0 Å². The lowest BCUT2D eigenvalue weighted by Crippen LogP contribution is -2.12. The number of imidazole rings is 1. The second-order valence-corrected chi connectivity index (χ2v) is 9.15. The van der Waals surface area contributed by atoms with Crippen molar-refractivity contribution in [1.82, 2.24) is 14.5 Å². The molecule has 2 aromatic heterocycles. The second-order valence-electron chi connectivity index (χ2n) is 6.84. The van der Waals surface area contributed by atoms with Gasteiger partial charge in [-0.05, 0) is 45.1 Å². The summed E-state index contributed by atoms with van der Waals surface area (Å²) in [6.07, 6.45) is 7.08. The minimum atomic E-state index is -2.90. The van der Waals surface area contributed by atoms with Crippen LogP contribution in [0.1, 0.15) is 63.0 Å². The van der Waals surface area contributed by atoms with Crippen LogP contribution < -0.4 is 0 Å². The fourth-order valence-electron chi connectivity index (χ4n) is 3.14. The van der Waals surface area contributed by atoms with Gasteiger partial charge < -0.3 is 4.57 Å². The molecule has 140 valence electrons. The van der Waals surface area contributed by atoms with E-state index in [1.165, 1.54) is 5.56 Å². The molecular formula is C19H31N3O2S. The standard InChI is InChI=1S/C19H31N3O2S/c1-5-7-12-25(23,24)13-9-8-11-22-18(10-6-2)21-17-14-20-16(4)15(3)19(17)22/h14H,5-13H2,1-4H3. The lowest BCUT2D eigenvalue weighted by Gasteiger charge is -2.11. The molecule has 5 nitrogen and oxygen atoms in total. The van der Waals surface area contributed by atoms with E-state index < -0.39 is 9.84 Å².